The number of methoxy groups -OCH3 is 1. The van der Waals surface area contributed by atoms with E-state index in [1.807, 2.05) is 24.3 Å². The Kier molecular flexibility index (Phi) is 7.53. The van der Waals surface area contributed by atoms with Crippen molar-refractivity contribution in [2.75, 3.05) is 32.6 Å². The summed E-state index contributed by atoms with van der Waals surface area (Å²) in [6.07, 6.45) is 0.182. The van der Waals surface area contributed by atoms with E-state index in [9.17, 15) is 14.4 Å². The second kappa shape index (κ2) is 10.2. The van der Waals surface area contributed by atoms with Crippen molar-refractivity contribution in [2.24, 2.45) is 5.92 Å². The number of likely N-dealkylation sites (N-methyl/N-ethyl adjacent to an activating group) is 1. The van der Waals surface area contributed by atoms with Gasteiger partial charge in [0, 0.05) is 25.7 Å². The summed E-state index contributed by atoms with van der Waals surface area (Å²) >= 11 is 0. The molecular formula is C26H33N3O4. The van der Waals surface area contributed by atoms with E-state index in [2.05, 4.69) is 31.4 Å². The third-order valence-electron chi connectivity index (χ3n) is 5.97. The number of amides is 2. The molecule has 2 N–H and O–H groups in total. The highest BCUT2D eigenvalue weighted by atomic mass is 16.5. The number of ketones is 1. The minimum atomic E-state index is -0.859. The first-order valence-electron chi connectivity index (χ1n) is 11.1. The van der Waals surface area contributed by atoms with Crippen molar-refractivity contribution in [3.8, 4) is 5.75 Å². The summed E-state index contributed by atoms with van der Waals surface area (Å²) in [6, 6.07) is 13.9. The van der Waals surface area contributed by atoms with Gasteiger partial charge in [-0.2, -0.15) is 0 Å². The summed E-state index contributed by atoms with van der Waals surface area (Å²) < 4.78 is 5.23. The van der Waals surface area contributed by atoms with Gasteiger partial charge in [0.1, 0.15) is 17.6 Å². The number of benzene rings is 2. The van der Waals surface area contributed by atoms with Crippen molar-refractivity contribution in [3.05, 3.63) is 59.7 Å². The number of Topliss-reactive ketones (excluding diaryl/α,β-unsaturated/α-hetero) is 1. The summed E-state index contributed by atoms with van der Waals surface area (Å²) in [6.45, 7) is 7.09. The van der Waals surface area contributed by atoms with Crippen LogP contribution in [0.4, 0.5) is 5.69 Å². The first-order chi connectivity index (χ1) is 15.6. The van der Waals surface area contributed by atoms with Gasteiger partial charge in [0.15, 0.2) is 0 Å². The first kappa shape index (κ1) is 24.5. The number of anilines is 1. The zero-order chi connectivity index (χ0) is 24.2. The van der Waals surface area contributed by atoms with Gasteiger partial charge in [0.05, 0.1) is 19.6 Å². The van der Waals surface area contributed by atoms with E-state index < -0.39 is 12.0 Å². The Morgan fingerprint density at radius 3 is 2.27 bits per heavy atom. The Morgan fingerprint density at radius 1 is 1.09 bits per heavy atom. The van der Waals surface area contributed by atoms with Gasteiger partial charge in [0.2, 0.25) is 5.91 Å². The van der Waals surface area contributed by atoms with Crippen LogP contribution in [-0.4, -0.2) is 49.7 Å². The zero-order valence-electron chi connectivity index (χ0n) is 20.0. The molecule has 2 aromatic rings. The number of nitrogens with one attached hydrogen (secondary N) is 2. The Morgan fingerprint density at radius 2 is 1.73 bits per heavy atom. The van der Waals surface area contributed by atoms with Gasteiger partial charge in [0.25, 0.3) is 5.91 Å². The van der Waals surface area contributed by atoms with Crippen LogP contribution in [0.15, 0.2) is 48.5 Å². The van der Waals surface area contributed by atoms with Gasteiger partial charge in [-0.3, -0.25) is 14.4 Å². The lowest BCUT2D eigenvalue weighted by atomic mass is 9.87. The SMILES string of the molecule is COc1ccc(C(C(=O)Nc2ccc(C(C)(C)C)cc2)N(C)C(=O)C2CNCC(=O)C2)cc1. The molecule has 0 aromatic heterocycles. The van der Waals surface area contributed by atoms with Crippen LogP contribution in [0.25, 0.3) is 0 Å². The van der Waals surface area contributed by atoms with Crippen molar-refractivity contribution < 1.29 is 19.1 Å². The Bertz CT molecular complexity index is 994. The van der Waals surface area contributed by atoms with Crippen LogP contribution in [-0.2, 0) is 19.8 Å². The molecule has 176 valence electrons. The van der Waals surface area contributed by atoms with Crippen molar-refractivity contribution in [3.63, 3.8) is 0 Å². The fourth-order valence-electron chi connectivity index (χ4n) is 4.00. The quantitative estimate of drug-likeness (QED) is 0.704. The van der Waals surface area contributed by atoms with Gasteiger partial charge < -0.3 is 20.3 Å². The van der Waals surface area contributed by atoms with Crippen molar-refractivity contribution >= 4 is 23.3 Å². The molecule has 1 aliphatic heterocycles. The molecule has 1 fully saturated rings. The molecule has 3 rings (SSSR count). The van der Waals surface area contributed by atoms with Gasteiger partial charge in [-0.05, 0) is 40.8 Å². The third-order valence-corrected chi connectivity index (χ3v) is 5.97. The molecule has 0 radical (unpaired) electrons. The normalized spacial score (nSPS) is 17.2. The van der Waals surface area contributed by atoms with E-state index in [1.54, 1.807) is 38.4 Å². The Labute approximate surface area is 195 Å². The van der Waals surface area contributed by atoms with E-state index in [1.165, 1.54) is 4.90 Å². The lowest BCUT2D eigenvalue weighted by Gasteiger charge is -2.32. The third kappa shape index (κ3) is 5.99. The van der Waals surface area contributed by atoms with Crippen molar-refractivity contribution in [1.29, 1.82) is 0 Å². The summed E-state index contributed by atoms with van der Waals surface area (Å²) in [5.74, 6) is -0.399. The molecule has 7 nitrogen and oxygen atoms in total. The second-order valence-corrected chi connectivity index (χ2v) is 9.51. The zero-order valence-corrected chi connectivity index (χ0v) is 20.0. The molecule has 1 heterocycles. The number of hydrogen-bond donors (Lipinski definition) is 2. The monoisotopic (exact) mass is 451 g/mol. The maximum Gasteiger partial charge on any atom is 0.251 e. The number of carbonyl (C=O) groups excluding carboxylic acids is 3. The Balaban J connectivity index is 1.86. The minimum Gasteiger partial charge on any atom is -0.497 e. The van der Waals surface area contributed by atoms with Gasteiger partial charge in [-0.15, -0.1) is 0 Å². The molecule has 2 amide bonds. The average molecular weight is 452 g/mol. The van der Waals surface area contributed by atoms with Crippen LogP contribution in [0.1, 0.15) is 44.4 Å². The van der Waals surface area contributed by atoms with E-state index in [-0.39, 0.29) is 36.0 Å². The molecule has 2 atom stereocenters. The number of nitrogens with zero attached hydrogens (tertiary/aromatic N) is 1. The first-order valence-corrected chi connectivity index (χ1v) is 11.1. The average Bonchev–Trinajstić information content (AvgIpc) is 2.79. The van der Waals surface area contributed by atoms with Gasteiger partial charge in [-0.1, -0.05) is 45.0 Å². The topological polar surface area (TPSA) is 87.7 Å². The minimum absolute atomic E-state index is 0.00242. The van der Waals surface area contributed by atoms with Crippen LogP contribution in [0.5, 0.6) is 5.75 Å². The highest BCUT2D eigenvalue weighted by Gasteiger charge is 2.34. The number of piperidine rings is 1. The molecule has 33 heavy (non-hydrogen) atoms. The van der Waals surface area contributed by atoms with Crippen LogP contribution >= 0.6 is 0 Å². The van der Waals surface area contributed by atoms with Crippen LogP contribution in [0.2, 0.25) is 0 Å². The van der Waals surface area contributed by atoms with Gasteiger partial charge >= 0.3 is 0 Å². The fourth-order valence-corrected chi connectivity index (χ4v) is 4.00. The number of rotatable bonds is 6. The van der Waals surface area contributed by atoms with E-state index in [0.29, 0.717) is 23.5 Å². The number of carbonyl (C=O) groups is 3. The highest BCUT2D eigenvalue weighted by molar-refractivity contribution is 5.98. The number of hydrogen-bond acceptors (Lipinski definition) is 5. The standard InChI is InChI=1S/C26H33N3O4/c1-26(2,3)19-8-10-20(11-9-19)28-24(31)23(17-6-12-22(33-5)13-7-17)29(4)25(32)18-14-21(30)16-27-15-18/h6-13,18,23,27H,14-16H2,1-5H3,(H,28,31). The summed E-state index contributed by atoms with van der Waals surface area (Å²) in [7, 11) is 3.18. The Hall–Kier alpha value is -3.19. The second-order valence-electron chi connectivity index (χ2n) is 9.51. The van der Waals surface area contributed by atoms with Crippen LogP contribution in [0, 0.1) is 5.92 Å². The van der Waals surface area contributed by atoms with Crippen molar-refractivity contribution in [1.82, 2.24) is 10.2 Å². The lowest BCUT2D eigenvalue weighted by Crippen LogP contribution is -2.47. The molecule has 0 aliphatic carbocycles. The summed E-state index contributed by atoms with van der Waals surface area (Å²) in [5.41, 5.74) is 2.48. The molecule has 2 aromatic carbocycles. The molecular weight excluding hydrogens is 418 g/mol. The smallest absolute Gasteiger partial charge is 0.251 e. The molecule has 1 saturated heterocycles. The maximum absolute atomic E-state index is 13.4. The number of ether oxygens (including phenoxy) is 1. The molecule has 2 unspecified atom stereocenters. The van der Waals surface area contributed by atoms with Crippen molar-refractivity contribution in [2.45, 2.75) is 38.6 Å². The molecule has 7 heteroatoms. The lowest BCUT2D eigenvalue weighted by molar-refractivity contribution is -0.142. The molecule has 1 aliphatic rings. The van der Waals surface area contributed by atoms with E-state index >= 15 is 0 Å². The van der Waals surface area contributed by atoms with Gasteiger partial charge in [-0.25, -0.2) is 0 Å². The van der Waals surface area contributed by atoms with E-state index in [0.717, 1.165) is 5.56 Å². The van der Waals surface area contributed by atoms with E-state index in [4.69, 9.17) is 4.74 Å². The summed E-state index contributed by atoms with van der Waals surface area (Å²) in [4.78, 5) is 39.9. The fraction of sp³-hybridized carbons (Fsp3) is 0.423. The highest BCUT2D eigenvalue weighted by Crippen LogP contribution is 2.28. The predicted octanol–water partition coefficient (Wildman–Crippen LogP) is 3.31. The summed E-state index contributed by atoms with van der Waals surface area (Å²) in [5, 5.41) is 5.94. The molecule has 0 spiro atoms. The largest absolute Gasteiger partial charge is 0.497 e. The van der Waals surface area contributed by atoms with Crippen LogP contribution in [0.3, 0.4) is 0 Å². The molecule has 0 bridgehead atoms. The maximum atomic E-state index is 13.4. The van der Waals surface area contributed by atoms with Crippen LogP contribution < -0.4 is 15.4 Å². The molecule has 0 saturated carbocycles. The predicted molar refractivity (Wildman–Crippen MR) is 128 cm³/mol.